The van der Waals surface area contributed by atoms with Crippen LogP contribution in [0.25, 0.3) is 0 Å². The maximum Gasteiger partial charge on any atom is 0.318 e. The van der Waals surface area contributed by atoms with Crippen LogP contribution in [-0.4, -0.2) is 31.2 Å². The van der Waals surface area contributed by atoms with Crippen molar-refractivity contribution in [3.63, 3.8) is 0 Å². The maximum atomic E-state index is 11.9. The van der Waals surface area contributed by atoms with E-state index in [-0.39, 0.29) is 4.90 Å². The van der Waals surface area contributed by atoms with Gasteiger partial charge in [0.1, 0.15) is 6.54 Å². The smallest absolute Gasteiger partial charge is 0.318 e. The molecule has 7 nitrogen and oxygen atoms in total. The number of nitrogens with one attached hydrogen (secondary N) is 3. The zero-order chi connectivity index (χ0) is 17.6. The fourth-order valence-corrected chi connectivity index (χ4v) is 2.98. The molecule has 0 unspecified atom stereocenters. The second kappa shape index (κ2) is 7.86. The number of carboxylic acid groups (broad SMARTS) is 1. The van der Waals surface area contributed by atoms with E-state index in [0.29, 0.717) is 10.8 Å². The normalized spacial score (nSPS) is 10.8. The minimum atomic E-state index is -3.86. The second-order valence-electron chi connectivity index (χ2n) is 4.69. The number of carboxylic acids is 1. The summed E-state index contributed by atoms with van der Waals surface area (Å²) in [4.78, 5) is 10.4. The van der Waals surface area contributed by atoms with E-state index < -0.39 is 22.5 Å². The first-order chi connectivity index (χ1) is 11.4. The van der Waals surface area contributed by atoms with Gasteiger partial charge in [-0.05, 0) is 48.6 Å². The highest BCUT2D eigenvalue weighted by Gasteiger charge is 2.14. The number of sulfonamides is 1. The van der Waals surface area contributed by atoms with Gasteiger partial charge in [-0.3, -0.25) is 4.79 Å². The van der Waals surface area contributed by atoms with Gasteiger partial charge in [0.2, 0.25) is 10.0 Å². The molecular formula is C15H15N3O4S2. The molecular weight excluding hydrogens is 350 g/mol. The molecule has 0 aromatic heterocycles. The molecule has 0 atom stereocenters. The molecule has 24 heavy (non-hydrogen) atoms. The molecule has 0 bridgehead atoms. The predicted molar refractivity (Wildman–Crippen MR) is 95.6 cm³/mol. The number of hydrogen-bond donors (Lipinski definition) is 4. The lowest BCUT2D eigenvalue weighted by Gasteiger charge is -2.11. The summed E-state index contributed by atoms with van der Waals surface area (Å²) < 4.78 is 25.7. The highest BCUT2D eigenvalue weighted by Crippen LogP contribution is 2.14. The molecule has 2 aromatic carbocycles. The van der Waals surface area contributed by atoms with E-state index in [1.165, 1.54) is 24.3 Å². The molecule has 0 saturated heterocycles. The fraction of sp³-hybridized carbons (Fsp3) is 0.0667. The van der Waals surface area contributed by atoms with E-state index in [4.69, 9.17) is 17.3 Å². The van der Waals surface area contributed by atoms with Crippen LogP contribution >= 0.6 is 12.2 Å². The molecule has 2 rings (SSSR count). The fourth-order valence-electron chi connectivity index (χ4n) is 1.77. The molecule has 0 fully saturated rings. The number of para-hydroxylation sites is 1. The van der Waals surface area contributed by atoms with E-state index in [1.54, 1.807) is 0 Å². The number of benzene rings is 2. The lowest BCUT2D eigenvalue weighted by atomic mass is 10.3. The summed E-state index contributed by atoms with van der Waals surface area (Å²) in [5, 5.41) is 14.8. The van der Waals surface area contributed by atoms with Gasteiger partial charge in [0.25, 0.3) is 0 Å². The molecule has 0 amide bonds. The van der Waals surface area contributed by atoms with Gasteiger partial charge in [0.05, 0.1) is 4.90 Å². The Labute approximate surface area is 144 Å². The molecule has 126 valence electrons. The minimum absolute atomic E-state index is 0.0313. The molecule has 9 heteroatoms. The Balaban J connectivity index is 1.99. The zero-order valence-electron chi connectivity index (χ0n) is 12.4. The lowest BCUT2D eigenvalue weighted by Crippen LogP contribution is -2.29. The predicted octanol–water partition coefficient (Wildman–Crippen LogP) is 1.86. The van der Waals surface area contributed by atoms with Crippen LogP contribution in [0.2, 0.25) is 0 Å². The molecule has 4 N–H and O–H groups in total. The van der Waals surface area contributed by atoms with Gasteiger partial charge in [0.15, 0.2) is 5.11 Å². The Hall–Kier alpha value is -2.49. The Bertz CT molecular complexity index is 822. The van der Waals surface area contributed by atoms with Crippen molar-refractivity contribution in [2.75, 3.05) is 17.2 Å². The van der Waals surface area contributed by atoms with Crippen molar-refractivity contribution in [2.45, 2.75) is 4.90 Å². The number of aliphatic carboxylic acids is 1. The third-order valence-corrected chi connectivity index (χ3v) is 4.49. The number of thiocarbonyl (C=S) groups is 1. The largest absolute Gasteiger partial charge is 0.480 e. The first-order valence-corrected chi connectivity index (χ1v) is 8.70. The van der Waals surface area contributed by atoms with E-state index in [1.807, 2.05) is 35.1 Å². The molecule has 0 aliphatic carbocycles. The van der Waals surface area contributed by atoms with Crippen LogP contribution in [0.4, 0.5) is 11.4 Å². The number of rotatable bonds is 6. The maximum absolute atomic E-state index is 11.9. The Morgan fingerprint density at radius 3 is 2.04 bits per heavy atom. The molecule has 0 heterocycles. The van der Waals surface area contributed by atoms with E-state index in [2.05, 4.69) is 10.6 Å². The summed E-state index contributed by atoms with van der Waals surface area (Å²) >= 11 is 5.18. The number of hydrogen-bond acceptors (Lipinski definition) is 4. The molecule has 2 aromatic rings. The van der Waals surface area contributed by atoms with Gasteiger partial charge >= 0.3 is 5.97 Å². The summed E-state index contributed by atoms with van der Waals surface area (Å²) in [5.41, 5.74) is 1.42. The van der Waals surface area contributed by atoms with Gasteiger partial charge in [0, 0.05) is 11.4 Å². The minimum Gasteiger partial charge on any atom is -0.480 e. The molecule has 0 aliphatic rings. The summed E-state index contributed by atoms with van der Waals surface area (Å²) in [6.07, 6.45) is 0. The van der Waals surface area contributed by atoms with Crippen LogP contribution in [0, 0.1) is 0 Å². The van der Waals surface area contributed by atoms with Gasteiger partial charge in [-0.1, -0.05) is 18.2 Å². The van der Waals surface area contributed by atoms with Crippen molar-refractivity contribution in [1.29, 1.82) is 0 Å². The third-order valence-electron chi connectivity index (χ3n) is 2.87. The average Bonchev–Trinajstić information content (AvgIpc) is 2.54. The van der Waals surface area contributed by atoms with Crippen LogP contribution < -0.4 is 15.4 Å². The van der Waals surface area contributed by atoms with E-state index >= 15 is 0 Å². The summed E-state index contributed by atoms with van der Waals surface area (Å²) in [7, 11) is -3.86. The summed E-state index contributed by atoms with van der Waals surface area (Å²) in [6.45, 7) is -0.673. The van der Waals surface area contributed by atoms with Crippen LogP contribution in [0.5, 0.6) is 0 Å². The standard InChI is InChI=1S/C15H15N3O4S2/c19-14(20)10-16-24(21,22)13-8-6-12(7-9-13)18-15(23)17-11-4-2-1-3-5-11/h1-9,16H,10H2,(H,19,20)(H2,17,18,23). The Morgan fingerprint density at radius 1 is 0.958 bits per heavy atom. The highest BCUT2D eigenvalue weighted by atomic mass is 32.2. The molecule has 0 radical (unpaired) electrons. The van der Waals surface area contributed by atoms with E-state index in [9.17, 15) is 13.2 Å². The topological polar surface area (TPSA) is 108 Å². The van der Waals surface area contributed by atoms with Crippen molar-refractivity contribution >= 4 is 44.7 Å². The van der Waals surface area contributed by atoms with Gasteiger partial charge in [-0.15, -0.1) is 0 Å². The SMILES string of the molecule is O=C(O)CNS(=O)(=O)c1ccc(NC(=S)Nc2ccccc2)cc1. The van der Waals surface area contributed by atoms with Crippen molar-refractivity contribution < 1.29 is 18.3 Å². The molecule has 0 spiro atoms. The van der Waals surface area contributed by atoms with Crippen molar-refractivity contribution in [3.8, 4) is 0 Å². The third kappa shape index (κ3) is 5.30. The first kappa shape index (κ1) is 17.9. The van der Waals surface area contributed by atoms with Crippen LogP contribution in [0.1, 0.15) is 0 Å². The average molecular weight is 365 g/mol. The number of anilines is 2. The second-order valence-corrected chi connectivity index (χ2v) is 6.86. The van der Waals surface area contributed by atoms with Crippen molar-refractivity contribution in [2.24, 2.45) is 0 Å². The van der Waals surface area contributed by atoms with Gasteiger partial charge in [-0.2, -0.15) is 4.72 Å². The van der Waals surface area contributed by atoms with Gasteiger partial charge in [-0.25, -0.2) is 8.42 Å². The first-order valence-electron chi connectivity index (χ1n) is 6.81. The molecule has 0 aliphatic heterocycles. The van der Waals surface area contributed by atoms with Gasteiger partial charge < -0.3 is 15.7 Å². The van der Waals surface area contributed by atoms with Crippen LogP contribution in [0.3, 0.4) is 0 Å². The van der Waals surface area contributed by atoms with Crippen LogP contribution in [-0.2, 0) is 14.8 Å². The number of carbonyl (C=O) groups is 1. The summed E-state index contributed by atoms with van der Waals surface area (Å²) in [5.74, 6) is -1.26. The van der Waals surface area contributed by atoms with Crippen molar-refractivity contribution in [3.05, 3.63) is 54.6 Å². The van der Waals surface area contributed by atoms with E-state index in [0.717, 1.165) is 5.69 Å². The highest BCUT2D eigenvalue weighted by molar-refractivity contribution is 7.89. The Kier molecular flexibility index (Phi) is 5.85. The lowest BCUT2D eigenvalue weighted by molar-refractivity contribution is -0.135. The molecule has 0 saturated carbocycles. The summed E-state index contributed by atoms with van der Waals surface area (Å²) in [6, 6.07) is 15.1. The zero-order valence-corrected chi connectivity index (χ0v) is 14.0. The quantitative estimate of drug-likeness (QED) is 0.579. The Morgan fingerprint density at radius 2 is 1.50 bits per heavy atom. The monoisotopic (exact) mass is 365 g/mol. The van der Waals surface area contributed by atoms with Crippen molar-refractivity contribution in [1.82, 2.24) is 4.72 Å². The van der Waals surface area contributed by atoms with Crippen LogP contribution in [0.15, 0.2) is 59.5 Å².